The number of amides is 1. The van der Waals surface area contributed by atoms with Crippen molar-refractivity contribution in [3.8, 4) is 11.4 Å². The lowest BCUT2D eigenvalue weighted by atomic mass is 10.3. The first-order valence-electron chi connectivity index (χ1n) is 7.29. The average Bonchev–Trinajstić information content (AvgIpc) is 2.96. The van der Waals surface area contributed by atoms with Crippen molar-refractivity contribution in [1.29, 1.82) is 0 Å². The topological polar surface area (TPSA) is 82.2 Å². The number of carbonyl (C=O) groups excluding carboxylic acids is 1. The van der Waals surface area contributed by atoms with E-state index in [9.17, 15) is 22.8 Å². The van der Waals surface area contributed by atoms with Crippen molar-refractivity contribution in [1.82, 2.24) is 24.7 Å². The minimum absolute atomic E-state index is 0.0648. The molecule has 2 rings (SSSR count). The molecule has 144 valence electrons. The fourth-order valence-corrected chi connectivity index (χ4v) is 2.48. The Balaban J connectivity index is 2.35. The van der Waals surface area contributed by atoms with E-state index >= 15 is 0 Å². The van der Waals surface area contributed by atoms with Crippen LogP contribution < -0.4 is 10.4 Å². The summed E-state index contributed by atoms with van der Waals surface area (Å²) in [5, 5.41) is 7.11. The number of rotatable bonds is 6. The second-order valence-electron chi connectivity index (χ2n) is 5.01. The van der Waals surface area contributed by atoms with Crippen molar-refractivity contribution in [3.05, 3.63) is 58.5 Å². The lowest BCUT2D eigenvalue weighted by molar-refractivity contribution is -0.274. The van der Waals surface area contributed by atoms with E-state index in [0.29, 0.717) is 4.68 Å². The molecule has 0 bridgehead atoms. The molecule has 0 saturated heterocycles. The van der Waals surface area contributed by atoms with Crippen molar-refractivity contribution in [3.63, 3.8) is 0 Å². The molecule has 0 aliphatic heterocycles. The van der Waals surface area contributed by atoms with E-state index in [1.54, 1.807) is 0 Å². The molecule has 1 heterocycles. The Morgan fingerprint density at radius 3 is 2.41 bits per heavy atom. The highest BCUT2D eigenvalue weighted by atomic mass is 79.9. The van der Waals surface area contributed by atoms with Crippen LogP contribution in [-0.2, 0) is 0 Å². The molecule has 1 amide bonds. The summed E-state index contributed by atoms with van der Waals surface area (Å²) in [6, 6.07) is 2.60. The number of carbonyl (C=O) groups is 1. The Morgan fingerprint density at radius 2 is 1.89 bits per heavy atom. The van der Waals surface area contributed by atoms with Gasteiger partial charge in [-0.05, 0) is 44.6 Å². The molecule has 0 aliphatic rings. The summed E-state index contributed by atoms with van der Waals surface area (Å²) in [6.07, 6.45) is -1.93. The third-order valence-electron chi connectivity index (χ3n) is 3.12. The number of ether oxygens (including phenoxy) is 1. The van der Waals surface area contributed by atoms with Crippen molar-refractivity contribution in [2.45, 2.75) is 6.36 Å². The van der Waals surface area contributed by atoms with E-state index in [4.69, 9.17) is 0 Å². The van der Waals surface area contributed by atoms with Crippen molar-refractivity contribution in [2.75, 3.05) is 13.1 Å². The Hall–Kier alpha value is -2.89. The number of nitrogens with zero attached hydrogens (tertiary/aromatic N) is 5. The van der Waals surface area contributed by atoms with Gasteiger partial charge in [-0.25, -0.2) is 9.59 Å². The number of alkyl halides is 3. The van der Waals surface area contributed by atoms with Gasteiger partial charge in [0.1, 0.15) is 5.75 Å². The SMILES string of the molecule is C=CCN(CC=C)C(=O)n1nnn(-c2ccc(OC(F)(F)F)c(Br)c2)c1=O. The number of tetrazole rings is 1. The van der Waals surface area contributed by atoms with Gasteiger partial charge < -0.3 is 9.64 Å². The van der Waals surface area contributed by atoms with Gasteiger partial charge in [-0.2, -0.15) is 4.68 Å². The quantitative estimate of drug-likeness (QED) is 0.502. The Labute approximate surface area is 159 Å². The second-order valence-corrected chi connectivity index (χ2v) is 5.87. The van der Waals surface area contributed by atoms with Gasteiger partial charge in [0, 0.05) is 13.1 Å². The van der Waals surface area contributed by atoms with Crippen LogP contribution in [0, 0.1) is 0 Å². The molecule has 2 aromatic rings. The summed E-state index contributed by atoms with van der Waals surface area (Å²) in [5.74, 6) is -0.495. The maximum absolute atomic E-state index is 12.4. The average molecular weight is 448 g/mol. The zero-order valence-corrected chi connectivity index (χ0v) is 15.3. The molecule has 0 spiro atoms. The van der Waals surface area contributed by atoms with Crippen LogP contribution in [0.1, 0.15) is 0 Å². The minimum Gasteiger partial charge on any atom is -0.405 e. The summed E-state index contributed by atoms with van der Waals surface area (Å²) in [5.41, 5.74) is -0.811. The predicted molar refractivity (Wildman–Crippen MR) is 92.8 cm³/mol. The van der Waals surface area contributed by atoms with Crippen molar-refractivity contribution >= 4 is 22.0 Å². The van der Waals surface area contributed by atoms with Gasteiger partial charge in [-0.1, -0.05) is 12.2 Å². The molecule has 0 atom stereocenters. The molecule has 0 N–H and O–H groups in total. The fourth-order valence-electron chi connectivity index (χ4n) is 2.03. The van der Waals surface area contributed by atoms with E-state index in [1.165, 1.54) is 29.2 Å². The van der Waals surface area contributed by atoms with Gasteiger partial charge in [-0.15, -0.1) is 31.0 Å². The molecular formula is C15H13BrF3N5O3. The van der Waals surface area contributed by atoms with Gasteiger partial charge in [0.25, 0.3) is 0 Å². The van der Waals surface area contributed by atoms with Crippen LogP contribution >= 0.6 is 15.9 Å². The zero-order valence-electron chi connectivity index (χ0n) is 13.7. The summed E-state index contributed by atoms with van der Waals surface area (Å²) < 4.78 is 42.0. The monoisotopic (exact) mass is 447 g/mol. The predicted octanol–water partition coefficient (Wildman–Crippen LogP) is 2.73. The van der Waals surface area contributed by atoms with E-state index in [2.05, 4.69) is 44.3 Å². The Morgan fingerprint density at radius 1 is 1.26 bits per heavy atom. The molecule has 27 heavy (non-hydrogen) atoms. The number of hydrogen-bond acceptors (Lipinski definition) is 5. The van der Waals surface area contributed by atoms with E-state index in [-0.39, 0.29) is 23.2 Å². The summed E-state index contributed by atoms with van der Waals surface area (Å²) in [7, 11) is 0. The largest absolute Gasteiger partial charge is 0.573 e. The maximum atomic E-state index is 12.4. The first-order chi connectivity index (χ1) is 12.7. The molecule has 1 aromatic heterocycles. The van der Waals surface area contributed by atoms with Crippen LogP contribution in [0.4, 0.5) is 18.0 Å². The fraction of sp³-hybridized carbons (Fsp3) is 0.200. The van der Waals surface area contributed by atoms with Crippen LogP contribution in [0.5, 0.6) is 5.75 Å². The first-order valence-corrected chi connectivity index (χ1v) is 8.09. The van der Waals surface area contributed by atoms with Gasteiger partial charge >= 0.3 is 18.1 Å². The van der Waals surface area contributed by atoms with Gasteiger partial charge in [0.2, 0.25) is 0 Å². The third-order valence-corrected chi connectivity index (χ3v) is 3.74. The third kappa shape index (κ3) is 4.84. The molecule has 1 aromatic carbocycles. The van der Waals surface area contributed by atoms with Gasteiger partial charge in [-0.3, -0.25) is 0 Å². The van der Waals surface area contributed by atoms with Crippen LogP contribution in [0.25, 0.3) is 5.69 Å². The van der Waals surface area contributed by atoms with E-state index in [0.717, 1.165) is 10.7 Å². The highest BCUT2D eigenvalue weighted by molar-refractivity contribution is 9.10. The first kappa shape index (κ1) is 20.4. The minimum atomic E-state index is -4.86. The van der Waals surface area contributed by atoms with Gasteiger partial charge in [0.15, 0.2) is 0 Å². The number of benzene rings is 1. The zero-order chi connectivity index (χ0) is 20.2. The normalized spacial score (nSPS) is 11.1. The number of halogens is 4. The molecule has 0 fully saturated rings. The molecule has 8 nitrogen and oxygen atoms in total. The molecule has 12 heteroatoms. The van der Waals surface area contributed by atoms with Crippen LogP contribution in [0.15, 0.2) is 52.8 Å². The summed E-state index contributed by atoms with van der Waals surface area (Å²) >= 11 is 2.93. The molecule has 0 aliphatic carbocycles. The Bertz CT molecular complexity index is 912. The number of aromatic nitrogens is 4. The molecule has 0 radical (unpaired) electrons. The number of hydrogen-bond donors (Lipinski definition) is 0. The van der Waals surface area contributed by atoms with E-state index < -0.39 is 23.8 Å². The second kappa shape index (κ2) is 8.20. The highest BCUT2D eigenvalue weighted by Crippen LogP contribution is 2.31. The maximum Gasteiger partial charge on any atom is 0.573 e. The van der Waals surface area contributed by atoms with Crippen molar-refractivity contribution in [2.24, 2.45) is 0 Å². The van der Waals surface area contributed by atoms with Crippen molar-refractivity contribution < 1.29 is 22.7 Å². The lowest BCUT2D eigenvalue weighted by Gasteiger charge is -2.17. The summed E-state index contributed by atoms with van der Waals surface area (Å²) in [6.45, 7) is 7.35. The van der Waals surface area contributed by atoms with Crippen LogP contribution in [0.2, 0.25) is 0 Å². The van der Waals surface area contributed by atoms with Crippen LogP contribution in [0.3, 0.4) is 0 Å². The molecule has 0 unspecified atom stereocenters. The van der Waals surface area contributed by atoms with Gasteiger partial charge in [0.05, 0.1) is 10.2 Å². The van der Waals surface area contributed by atoms with Crippen LogP contribution in [-0.4, -0.2) is 50.2 Å². The standard InChI is InChI=1S/C15H13BrF3N5O3/c1-3-7-22(8-4-2)13(25)24-14(26)23(20-21-24)10-5-6-12(11(16)9-10)27-15(17,18)19/h3-6,9H,1-2,7-8H2. The highest BCUT2D eigenvalue weighted by Gasteiger charge is 2.32. The molecular weight excluding hydrogens is 435 g/mol. The molecule has 0 saturated carbocycles. The summed E-state index contributed by atoms with van der Waals surface area (Å²) in [4.78, 5) is 26.1. The van der Waals surface area contributed by atoms with E-state index in [1.807, 2.05) is 0 Å². The smallest absolute Gasteiger partial charge is 0.405 e. The Kier molecular flexibility index (Phi) is 6.20. The lowest BCUT2D eigenvalue weighted by Crippen LogP contribution is -2.41.